The molecule has 4 rings (SSSR count). The van der Waals surface area contributed by atoms with E-state index in [9.17, 15) is 33.8 Å². The molecule has 0 saturated heterocycles. The Balaban J connectivity index is 0.000000243. The molecular formula is C20H12F2N2O8. The quantitative estimate of drug-likeness (QED) is 0.250. The highest BCUT2D eigenvalue weighted by molar-refractivity contribution is 6.14. The number of fused-ring (bicyclic) bond motifs is 3. The van der Waals surface area contributed by atoms with E-state index < -0.39 is 16.5 Å². The van der Waals surface area contributed by atoms with Crippen LogP contribution in [0.2, 0.25) is 0 Å². The average Bonchev–Trinajstić information content (AvgIpc) is 3.14. The molecule has 1 heterocycles. The van der Waals surface area contributed by atoms with Crippen LogP contribution in [-0.2, 0) is 0 Å². The molecule has 0 saturated carbocycles. The smallest absolute Gasteiger partial charge is 0.387 e. The molecule has 12 heteroatoms. The number of halogens is 2. The lowest BCUT2D eigenvalue weighted by molar-refractivity contribution is -0.385. The second-order valence-electron chi connectivity index (χ2n) is 6.17. The molecular weight excluding hydrogens is 434 g/mol. The van der Waals surface area contributed by atoms with Crippen LogP contribution in [0.25, 0.3) is 21.9 Å². The third kappa shape index (κ3) is 4.59. The Morgan fingerprint density at radius 3 is 2.16 bits per heavy atom. The van der Waals surface area contributed by atoms with Gasteiger partial charge >= 0.3 is 6.61 Å². The highest BCUT2D eigenvalue weighted by Crippen LogP contribution is 2.38. The number of carbonyl (C=O) groups excluding carboxylic acids is 1. The van der Waals surface area contributed by atoms with Crippen molar-refractivity contribution in [2.75, 3.05) is 0 Å². The van der Waals surface area contributed by atoms with Gasteiger partial charge in [-0.05, 0) is 30.3 Å². The molecule has 0 spiro atoms. The summed E-state index contributed by atoms with van der Waals surface area (Å²) in [7, 11) is 0. The standard InChI is InChI=1S/C14H7F2NO5.C6H5NO3/c15-14(16)22-11-3-1-7(6-18)12-9-5-8(17(19)20)2-4-10(9)21-13(11)12;8-6-3-1-5(2-4-6)7(9)10/h1-6,14H;1-4,8H. The van der Waals surface area contributed by atoms with Gasteiger partial charge in [-0.1, -0.05) is 0 Å². The van der Waals surface area contributed by atoms with E-state index in [1.807, 2.05) is 0 Å². The predicted molar refractivity (Wildman–Crippen MR) is 107 cm³/mol. The fraction of sp³-hybridized carbons (Fsp3) is 0.0500. The lowest BCUT2D eigenvalue weighted by Crippen LogP contribution is -2.02. The highest BCUT2D eigenvalue weighted by atomic mass is 19.3. The van der Waals surface area contributed by atoms with Crippen LogP contribution in [0.5, 0.6) is 11.5 Å². The van der Waals surface area contributed by atoms with Gasteiger partial charge in [0.15, 0.2) is 17.6 Å². The summed E-state index contributed by atoms with van der Waals surface area (Å²) in [6.07, 6.45) is 0.516. The number of ether oxygens (including phenoxy) is 1. The fourth-order valence-electron chi connectivity index (χ4n) is 2.85. The Hall–Kier alpha value is -4.61. The summed E-state index contributed by atoms with van der Waals surface area (Å²) in [5, 5.41) is 30.1. The number of nitrogens with zero attached hydrogens (tertiary/aromatic N) is 2. The highest BCUT2D eigenvalue weighted by Gasteiger charge is 2.19. The SMILES string of the molecule is O=Cc1ccc(OC(F)F)c2oc3ccc([N+](=O)[O-])cc3c12.O=[N+]([O-])c1ccc(O)cc1. The zero-order valence-corrected chi connectivity index (χ0v) is 15.8. The largest absolute Gasteiger partial charge is 0.508 e. The molecule has 0 aliphatic carbocycles. The molecule has 0 aliphatic rings. The number of alkyl halides is 2. The summed E-state index contributed by atoms with van der Waals surface area (Å²) < 4.78 is 34.6. The number of nitro benzene ring substituents is 2. The topological polar surface area (TPSA) is 146 Å². The summed E-state index contributed by atoms with van der Waals surface area (Å²) in [5.74, 6) is -0.208. The average molecular weight is 446 g/mol. The fourth-order valence-corrected chi connectivity index (χ4v) is 2.85. The van der Waals surface area contributed by atoms with Gasteiger partial charge in [-0.25, -0.2) is 0 Å². The minimum atomic E-state index is -3.06. The lowest BCUT2D eigenvalue weighted by Gasteiger charge is -2.05. The Bertz CT molecular complexity index is 1320. The number of aromatic hydroxyl groups is 1. The number of hydrogen-bond donors (Lipinski definition) is 1. The van der Waals surface area contributed by atoms with Crippen LogP contribution >= 0.6 is 0 Å². The van der Waals surface area contributed by atoms with Gasteiger partial charge in [0.25, 0.3) is 11.4 Å². The molecule has 0 amide bonds. The third-order valence-electron chi connectivity index (χ3n) is 4.21. The molecule has 0 aliphatic heterocycles. The van der Waals surface area contributed by atoms with Crippen LogP contribution in [0.1, 0.15) is 10.4 Å². The van der Waals surface area contributed by atoms with Crippen molar-refractivity contribution in [3.05, 3.63) is 80.4 Å². The van der Waals surface area contributed by atoms with Crippen molar-refractivity contribution in [1.82, 2.24) is 0 Å². The number of hydrogen-bond acceptors (Lipinski definition) is 8. The number of phenolic OH excluding ortho intramolecular Hbond substituents is 1. The Labute approximate surface area is 176 Å². The molecule has 0 radical (unpaired) electrons. The monoisotopic (exact) mass is 446 g/mol. The molecule has 32 heavy (non-hydrogen) atoms. The van der Waals surface area contributed by atoms with Crippen LogP contribution in [-0.4, -0.2) is 27.9 Å². The van der Waals surface area contributed by atoms with Gasteiger partial charge in [0.1, 0.15) is 11.3 Å². The molecule has 3 aromatic carbocycles. The zero-order valence-electron chi connectivity index (χ0n) is 15.8. The normalized spacial score (nSPS) is 10.6. The number of phenols is 1. The molecule has 10 nitrogen and oxygen atoms in total. The first kappa shape index (κ1) is 22.1. The number of benzene rings is 3. The first-order chi connectivity index (χ1) is 15.2. The van der Waals surface area contributed by atoms with E-state index in [4.69, 9.17) is 9.52 Å². The number of furan rings is 1. The van der Waals surface area contributed by atoms with Gasteiger partial charge in [0.2, 0.25) is 0 Å². The summed E-state index contributed by atoms with van der Waals surface area (Å²) in [5.41, 5.74) is 0.121. The molecule has 1 aromatic heterocycles. The summed E-state index contributed by atoms with van der Waals surface area (Å²) >= 11 is 0. The van der Waals surface area contributed by atoms with Gasteiger partial charge in [-0.15, -0.1) is 0 Å². The maximum Gasteiger partial charge on any atom is 0.387 e. The molecule has 0 atom stereocenters. The lowest BCUT2D eigenvalue weighted by atomic mass is 10.1. The van der Waals surface area contributed by atoms with Crippen LogP contribution in [0.15, 0.2) is 59.0 Å². The minimum Gasteiger partial charge on any atom is -0.508 e. The van der Waals surface area contributed by atoms with E-state index in [1.54, 1.807) is 0 Å². The first-order valence-electron chi connectivity index (χ1n) is 8.68. The number of carbonyl (C=O) groups is 1. The van der Waals surface area contributed by atoms with Crippen LogP contribution in [0, 0.1) is 20.2 Å². The van der Waals surface area contributed by atoms with Gasteiger partial charge in [0.05, 0.1) is 9.85 Å². The third-order valence-corrected chi connectivity index (χ3v) is 4.21. The zero-order chi connectivity index (χ0) is 23.4. The van der Waals surface area contributed by atoms with Gasteiger partial charge in [-0.2, -0.15) is 8.78 Å². The van der Waals surface area contributed by atoms with E-state index in [1.165, 1.54) is 54.6 Å². The van der Waals surface area contributed by atoms with E-state index >= 15 is 0 Å². The number of non-ortho nitro benzene ring substituents is 2. The summed E-state index contributed by atoms with van der Waals surface area (Å²) in [6.45, 7) is -3.06. The number of nitro groups is 2. The van der Waals surface area contributed by atoms with Gasteiger partial charge < -0.3 is 14.3 Å². The Morgan fingerprint density at radius 2 is 1.59 bits per heavy atom. The molecule has 0 unspecified atom stereocenters. The summed E-state index contributed by atoms with van der Waals surface area (Å²) in [4.78, 5) is 30.9. The molecule has 4 aromatic rings. The Kier molecular flexibility index (Phi) is 6.24. The van der Waals surface area contributed by atoms with Crippen molar-refractivity contribution in [1.29, 1.82) is 0 Å². The molecule has 0 bridgehead atoms. The van der Waals surface area contributed by atoms with E-state index in [2.05, 4.69) is 4.74 Å². The van der Waals surface area contributed by atoms with Gasteiger partial charge in [0, 0.05) is 40.6 Å². The van der Waals surface area contributed by atoms with Crippen LogP contribution in [0.4, 0.5) is 20.2 Å². The maximum absolute atomic E-state index is 12.4. The number of aldehydes is 1. The van der Waals surface area contributed by atoms with Crippen LogP contribution in [0.3, 0.4) is 0 Å². The minimum absolute atomic E-state index is 0.0159. The van der Waals surface area contributed by atoms with E-state index in [0.717, 1.165) is 0 Å². The molecule has 164 valence electrons. The molecule has 0 fully saturated rings. The Morgan fingerprint density at radius 1 is 0.969 bits per heavy atom. The van der Waals surface area contributed by atoms with Crippen molar-refractivity contribution in [3.8, 4) is 11.5 Å². The molecule has 1 N–H and O–H groups in total. The summed E-state index contributed by atoms with van der Waals surface area (Å²) in [6, 6.07) is 11.3. The van der Waals surface area contributed by atoms with Crippen molar-refractivity contribution < 1.29 is 37.7 Å². The van der Waals surface area contributed by atoms with Crippen molar-refractivity contribution in [2.24, 2.45) is 0 Å². The van der Waals surface area contributed by atoms with Crippen molar-refractivity contribution in [3.63, 3.8) is 0 Å². The number of rotatable bonds is 5. The van der Waals surface area contributed by atoms with Crippen LogP contribution < -0.4 is 4.74 Å². The first-order valence-corrected chi connectivity index (χ1v) is 8.68. The van der Waals surface area contributed by atoms with Crippen molar-refractivity contribution in [2.45, 2.75) is 6.61 Å². The second-order valence-corrected chi connectivity index (χ2v) is 6.17. The maximum atomic E-state index is 12.4. The second kappa shape index (κ2) is 9.04. The van der Waals surface area contributed by atoms with Gasteiger partial charge in [-0.3, -0.25) is 25.0 Å². The van der Waals surface area contributed by atoms with E-state index in [-0.39, 0.29) is 50.4 Å². The van der Waals surface area contributed by atoms with Crippen molar-refractivity contribution >= 4 is 39.6 Å². The van der Waals surface area contributed by atoms with E-state index in [0.29, 0.717) is 6.29 Å². The predicted octanol–water partition coefficient (Wildman–Crippen LogP) is 5.21.